The number of ether oxygens (including phenoxy) is 1. The van der Waals surface area contributed by atoms with Gasteiger partial charge < -0.3 is 4.74 Å². The minimum Gasteiger partial charge on any atom is -0.479 e. The molecule has 0 radical (unpaired) electrons. The molecule has 0 N–H and O–H groups in total. The summed E-state index contributed by atoms with van der Waals surface area (Å²) in [6, 6.07) is 6.39. The summed E-state index contributed by atoms with van der Waals surface area (Å²) in [6.07, 6.45) is 1.46. The molecule has 2 aromatic rings. The second-order valence-electron chi connectivity index (χ2n) is 3.34. The van der Waals surface area contributed by atoms with Crippen molar-refractivity contribution in [3.8, 4) is 17.0 Å². The van der Waals surface area contributed by atoms with E-state index in [-0.39, 0.29) is 5.88 Å². The van der Waals surface area contributed by atoms with Gasteiger partial charge in [-0.05, 0) is 29.8 Å². The molecule has 0 saturated carbocycles. The van der Waals surface area contributed by atoms with E-state index in [9.17, 15) is 4.39 Å². The zero-order chi connectivity index (χ0) is 12.4. The van der Waals surface area contributed by atoms with Gasteiger partial charge in [-0.15, -0.1) is 0 Å². The van der Waals surface area contributed by atoms with Crippen molar-refractivity contribution in [2.75, 3.05) is 7.11 Å². The van der Waals surface area contributed by atoms with Gasteiger partial charge in [0.25, 0.3) is 5.88 Å². The topological polar surface area (TPSA) is 22.1 Å². The molecule has 0 aliphatic heterocycles. The molecule has 17 heavy (non-hydrogen) atoms. The monoisotopic (exact) mass is 271 g/mol. The fourth-order valence-electron chi connectivity index (χ4n) is 1.50. The number of nitrogens with zero attached hydrogens (tertiary/aromatic N) is 1. The van der Waals surface area contributed by atoms with Crippen LogP contribution in [0.1, 0.15) is 0 Å². The highest BCUT2D eigenvalue weighted by Gasteiger charge is 2.12. The van der Waals surface area contributed by atoms with Gasteiger partial charge in [0, 0.05) is 21.8 Å². The molecule has 5 heteroatoms. The third kappa shape index (κ3) is 2.51. The number of benzene rings is 1. The van der Waals surface area contributed by atoms with Gasteiger partial charge in [0.15, 0.2) is 5.82 Å². The van der Waals surface area contributed by atoms with E-state index in [1.807, 2.05) is 0 Å². The largest absolute Gasteiger partial charge is 0.479 e. The first-order valence-corrected chi connectivity index (χ1v) is 5.52. The average molecular weight is 272 g/mol. The molecule has 0 bridgehead atoms. The highest BCUT2D eigenvalue weighted by Crippen LogP contribution is 2.31. The van der Waals surface area contributed by atoms with Crippen LogP contribution in [0.25, 0.3) is 11.1 Å². The Morgan fingerprint density at radius 1 is 1.18 bits per heavy atom. The average Bonchev–Trinajstić information content (AvgIpc) is 2.28. The van der Waals surface area contributed by atoms with Crippen LogP contribution in [0.3, 0.4) is 0 Å². The molecule has 2 rings (SSSR count). The summed E-state index contributed by atoms with van der Waals surface area (Å²) in [7, 11) is 1.36. The minimum absolute atomic E-state index is 0.0569. The van der Waals surface area contributed by atoms with E-state index in [4.69, 9.17) is 27.9 Å². The maximum Gasteiger partial charge on any atom is 0.250 e. The molecule has 0 unspecified atom stereocenters. The summed E-state index contributed by atoms with van der Waals surface area (Å²) in [4.78, 5) is 3.76. The van der Waals surface area contributed by atoms with Gasteiger partial charge in [0.1, 0.15) is 0 Å². The van der Waals surface area contributed by atoms with E-state index in [1.54, 1.807) is 24.3 Å². The molecular formula is C12H8Cl2FNO. The maximum absolute atomic E-state index is 13.9. The number of hydrogen-bond donors (Lipinski definition) is 0. The molecule has 0 amide bonds. The van der Waals surface area contributed by atoms with Crippen molar-refractivity contribution in [2.45, 2.75) is 0 Å². The lowest BCUT2D eigenvalue weighted by Crippen LogP contribution is -1.94. The number of aromatic nitrogens is 1. The van der Waals surface area contributed by atoms with Crippen LogP contribution in [0.2, 0.25) is 10.0 Å². The summed E-state index contributed by atoms with van der Waals surface area (Å²) in [5.41, 5.74) is 0.932. The van der Waals surface area contributed by atoms with Crippen LogP contribution in [-0.4, -0.2) is 12.1 Å². The Morgan fingerprint density at radius 2 is 1.82 bits per heavy atom. The second-order valence-corrected chi connectivity index (χ2v) is 4.21. The maximum atomic E-state index is 13.9. The van der Waals surface area contributed by atoms with Crippen molar-refractivity contribution in [1.29, 1.82) is 0 Å². The highest BCUT2D eigenvalue weighted by atomic mass is 35.5. The van der Waals surface area contributed by atoms with E-state index in [0.717, 1.165) is 0 Å². The molecule has 0 atom stereocenters. The summed E-state index contributed by atoms with van der Waals surface area (Å²) >= 11 is 11.7. The van der Waals surface area contributed by atoms with Crippen molar-refractivity contribution in [3.05, 3.63) is 46.3 Å². The second kappa shape index (κ2) is 4.90. The Kier molecular flexibility index (Phi) is 3.50. The van der Waals surface area contributed by atoms with Crippen LogP contribution in [0, 0.1) is 5.82 Å². The van der Waals surface area contributed by atoms with Crippen molar-refractivity contribution in [1.82, 2.24) is 4.98 Å². The van der Waals surface area contributed by atoms with Crippen LogP contribution in [0.15, 0.2) is 30.5 Å². The third-order valence-electron chi connectivity index (χ3n) is 2.22. The number of pyridine rings is 1. The predicted octanol–water partition coefficient (Wildman–Crippen LogP) is 4.20. The van der Waals surface area contributed by atoms with Crippen LogP contribution in [-0.2, 0) is 0 Å². The molecule has 0 aliphatic rings. The van der Waals surface area contributed by atoms with Crippen molar-refractivity contribution in [3.63, 3.8) is 0 Å². The number of rotatable bonds is 2. The van der Waals surface area contributed by atoms with E-state index in [2.05, 4.69) is 4.98 Å². The fourth-order valence-corrected chi connectivity index (χ4v) is 2.03. The summed E-state index contributed by atoms with van der Waals surface area (Å²) in [5.74, 6) is -0.591. The quantitative estimate of drug-likeness (QED) is 0.817. The molecule has 2 nitrogen and oxygen atoms in total. The summed E-state index contributed by atoms with van der Waals surface area (Å²) < 4.78 is 18.8. The molecular weight excluding hydrogens is 264 g/mol. The normalized spacial score (nSPS) is 10.4. The Morgan fingerprint density at radius 3 is 2.41 bits per heavy atom. The van der Waals surface area contributed by atoms with E-state index in [1.165, 1.54) is 13.3 Å². The predicted molar refractivity (Wildman–Crippen MR) is 66.2 cm³/mol. The van der Waals surface area contributed by atoms with Gasteiger partial charge >= 0.3 is 0 Å². The van der Waals surface area contributed by atoms with Gasteiger partial charge in [0.2, 0.25) is 0 Å². The minimum atomic E-state index is -0.534. The Bertz CT molecular complexity index is 540. The smallest absolute Gasteiger partial charge is 0.250 e. The molecule has 0 fully saturated rings. The van der Waals surface area contributed by atoms with E-state index in [0.29, 0.717) is 21.2 Å². The third-order valence-corrected chi connectivity index (χ3v) is 2.66. The lowest BCUT2D eigenvalue weighted by molar-refractivity contribution is 0.370. The molecule has 1 aromatic carbocycles. The van der Waals surface area contributed by atoms with Crippen LogP contribution < -0.4 is 4.74 Å². The van der Waals surface area contributed by atoms with Crippen LogP contribution >= 0.6 is 23.2 Å². The summed E-state index contributed by atoms with van der Waals surface area (Å²) in [6.45, 7) is 0. The Balaban J connectivity index is 2.60. The number of halogens is 3. The molecule has 1 heterocycles. The molecule has 0 aliphatic carbocycles. The lowest BCUT2D eigenvalue weighted by atomic mass is 10.1. The standard InChI is InChI=1S/C12H8Cl2FNO/c1-17-12-11(15)10(2-3-16-12)7-4-8(13)6-9(14)5-7/h2-6H,1H3. The first-order valence-electron chi connectivity index (χ1n) is 4.77. The van der Waals surface area contributed by atoms with Gasteiger partial charge in [-0.1, -0.05) is 23.2 Å². The Hall–Kier alpha value is -1.32. The van der Waals surface area contributed by atoms with Crippen molar-refractivity contribution >= 4 is 23.2 Å². The van der Waals surface area contributed by atoms with Crippen LogP contribution in [0.4, 0.5) is 4.39 Å². The molecule has 1 aromatic heterocycles. The summed E-state index contributed by atoms with van der Waals surface area (Å²) in [5, 5.41) is 0.894. The number of hydrogen-bond acceptors (Lipinski definition) is 2. The van der Waals surface area contributed by atoms with E-state index < -0.39 is 5.82 Å². The van der Waals surface area contributed by atoms with Gasteiger partial charge in [0.05, 0.1) is 7.11 Å². The molecule has 0 spiro atoms. The van der Waals surface area contributed by atoms with E-state index >= 15 is 0 Å². The van der Waals surface area contributed by atoms with Crippen LogP contribution in [0.5, 0.6) is 5.88 Å². The van der Waals surface area contributed by atoms with Crippen molar-refractivity contribution in [2.24, 2.45) is 0 Å². The van der Waals surface area contributed by atoms with Crippen molar-refractivity contribution < 1.29 is 9.13 Å². The first kappa shape index (κ1) is 12.1. The number of methoxy groups -OCH3 is 1. The highest BCUT2D eigenvalue weighted by molar-refractivity contribution is 6.35. The van der Waals surface area contributed by atoms with Gasteiger partial charge in [-0.25, -0.2) is 9.37 Å². The SMILES string of the molecule is COc1nccc(-c2cc(Cl)cc(Cl)c2)c1F. The fraction of sp³-hybridized carbons (Fsp3) is 0.0833. The zero-order valence-electron chi connectivity index (χ0n) is 8.88. The lowest BCUT2D eigenvalue weighted by Gasteiger charge is -2.07. The zero-order valence-corrected chi connectivity index (χ0v) is 10.4. The Labute approximate surface area is 108 Å². The molecule has 0 saturated heterocycles. The molecule has 88 valence electrons. The van der Waals surface area contributed by atoms with Gasteiger partial charge in [-0.3, -0.25) is 0 Å². The van der Waals surface area contributed by atoms with Gasteiger partial charge in [-0.2, -0.15) is 0 Å². The first-order chi connectivity index (χ1) is 8.11.